The molecule has 0 heterocycles. The van der Waals surface area contributed by atoms with Crippen molar-refractivity contribution in [2.75, 3.05) is 35.0 Å². The van der Waals surface area contributed by atoms with Gasteiger partial charge in [0.15, 0.2) is 23.0 Å². The van der Waals surface area contributed by atoms with E-state index in [1.165, 1.54) is 6.08 Å². The molecule has 2 aromatic rings. The second-order valence-corrected chi connectivity index (χ2v) is 6.78. The zero-order valence-corrected chi connectivity index (χ0v) is 19.0. The maximum Gasteiger partial charge on any atom is 0.244 e. The SMILES string of the molecule is CCCOc1ccc(C=CC(=O)NC(C)c2cc(OC)c(OC)c(OC)c2)cc1OC. The molecule has 0 aliphatic carbocycles. The van der Waals surface area contributed by atoms with Gasteiger partial charge in [-0.1, -0.05) is 13.0 Å². The van der Waals surface area contributed by atoms with Crippen molar-refractivity contribution in [1.82, 2.24) is 5.32 Å². The summed E-state index contributed by atoms with van der Waals surface area (Å²) in [6.07, 6.45) is 4.12. The van der Waals surface area contributed by atoms with E-state index in [9.17, 15) is 4.79 Å². The zero-order chi connectivity index (χ0) is 22.8. The highest BCUT2D eigenvalue weighted by atomic mass is 16.5. The Morgan fingerprint density at radius 1 is 0.935 bits per heavy atom. The van der Waals surface area contributed by atoms with Crippen LogP contribution in [0.5, 0.6) is 28.7 Å². The van der Waals surface area contributed by atoms with Gasteiger partial charge in [-0.3, -0.25) is 4.79 Å². The standard InChI is InChI=1S/C24H31NO6/c1-7-12-31-19-10-8-17(13-20(19)27-3)9-11-23(26)25-16(2)18-14-21(28-4)24(30-6)22(15-18)29-5/h8-11,13-16H,7,12H2,1-6H3,(H,25,26). The first-order chi connectivity index (χ1) is 15.0. The summed E-state index contributed by atoms with van der Waals surface area (Å²) in [6.45, 7) is 4.55. The summed E-state index contributed by atoms with van der Waals surface area (Å²) in [4.78, 5) is 12.5. The predicted molar refractivity (Wildman–Crippen MR) is 120 cm³/mol. The summed E-state index contributed by atoms with van der Waals surface area (Å²) in [5.74, 6) is 2.65. The van der Waals surface area contributed by atoms with E-state index in [0.717, 1.165) is 17.5 Å². The number of nitrogens with one attached hydrogen (secondary N) is 1. The average Bonchev–Trinajstić information content (AvgIpc) is 2.80. The average molecular weight is 430 g/mol. The third-order valence-electron chi connectivity index (χ3n) is 4.62. The molecule has 168 valence electrons. The molecule has 0 saturated heterocycles. The second-order valence-electron chi connectivity index (χ2n) is 6.78. The van der Waals surface area contributed by atoms with Crippen molar-refractivity contribution in [2.45, 2.75) is 26.3 Å². The highest BCUT2D eigenvalue weighted by Gasteiger charge is 2.17. The van der Waals surface area contributed by atoms with Gasteiger partial charge in [0.1, 0.15) is 0 Å². The van der Waals surface area contributed by atoms with Crippen LogP contribution in [-0.2, 0) is 4.79 Å². The van der Waals surface area contributed by atoms with Crippen LogP contribution in [0.2, 0.25) is 0 Å². The lowest BCUT2D eigenvalue weighted by molar-refractivity contribution is -0.117. The molecule has 0 aliphatic rings. The minimum Gasteiger partial charge on any atom is -0.493 e. The lowest BCUT2D eigenvalue weighted by atomic mass is 10.1. The van der Waals surface area contributed by atoms with Gasteiger partial charge in [0.05, 0.1) is 41.1 Å². The summed E-state index contributed by atoms with van der Waals surface area (Å²) in [5, 5.41) is 2.94. The first kappa shape index (κ1) is 23.9. The zero-order valence-electron chi connectivity index (χ0n) is 19.0. The normalized spacial score (nSPS) is 11.7. The molecule has 1 amide bonds. The van der Waals surface area contributed by atoms with Gasteiger partial charge in [0.25, 0.3) is 0 Å². The van der Waals surface area contributed by atoms with Crippen LogP contribution in [0, 0.1) is 0 Å². The third-order valence-corrected chi connectivity index (χ3v) is 4.62. The van der Waals surface area contributed by atoms with E-state index in [0.29, 0.717) is 35.4 Å². The van der Waals surface area contributed by atoms with Crippen molar-refractivity contribution in [3.8, 4) is 28.7 Å². The van der Waals surface area contributed by atoms with Crippen molar-refractivity contribution in [3.05, 3.63) is 47.5 Å². The van der Waals surface area contributed by atoms with Crippen LogP contribution in [0.3, 0.4) is 0 Å². The largest absolute Gasteiger partial charge is 0.493 e. The lowest BCUT2D eigenvalue weighted by Gasteiger charge is -2.18. The summed E-state index contributed by atoms with van der Waals surface area (Å²) in [5.41, 5.74) is 1.66. The summed E-state index contributed by atoms with van der Waals surface area (Å²) in [7, 11) is 6.25. The Labute approximate surface area is 183 Å². The molecule has 0 saturated carbocycles. The molecule has 1 N–H and O–H groups in total. The Morgan fingerprint density at radius 2 is 1.58 bits per heavy atom. The number of hydrogen-bond acceptors (Lipinski definition) is 6. The highest BCUT2D eigenvalue weighted by molar-refractivity contribution is 5.92. The van der Waals surface area contributed by atoms with Crippen LogP contribution in [-0.4, -0.2) is 41.0 Å². The van der Waals surface area contributed by atoms with Gasteiger partial charge in [-0.2, -0.15) is 0 Å². The topological polar surface area (TPSA) is 75.3 Å². The van der Waals surface area contributed by atoms with Gasteiger partial charge in [0.2, 0.25) is 11.7 Å². The van der Waals surface area contributed by atoms with Crippen LogP contribution >= 0.6 is 0 Å². The second kappa shape index (κ2) is 11.7. The van der Waals surface area contributed by atoms with Crippen molar-refractivity contribution in [3.63, 3.8) is 0 Å². The number of methoxy groups -OCH3 is 4. The smallest absolute Gasteiger partial charge is 0.244 e. The molecule has 0 fully saturated rings. The molecule has 2 rings (SSSR count). The molecule has 0 spiro atoms. The molecule has 7 heteroatoms. The third kappa shape index (κ3) is 6.31. The number of benzene rings is 2. The predicted octanol–water partition coefficient (Wildman–Crippen LogP) is 4.40. The summed E-state index contributed by atoms with van der Waals surface area (Å²) in [6, 6.07) is 8.90. The highest BCUT2D eigenvalue weighted by Crippen LogP contribution is 2.39. The molecule has 7 nitrogen and oxygen atoms in total. The molecule has 31 heavy (non-hydrogen) atoms. The van der Waals surface area contributed by atoms with Gasteiger partial charge < -0.3 is 29.0 Å². The Morgan fingerprint density at radius 3 is 2.13 bits per heavy atom. The molecule has 1 unspecified atom stereocenters. The van der Waals surface area contributed by atoms with E-state index in [2.05, 4.69) is 5.32 Å². The summed E-state index contributed by atoms with van der Waals surface area (Å²) < 4.78 is 27.1. The van der Waals surface area contributed by atoms with Crippen LogP contribution in [0.4, 0.5) is 0 Å². The van der Waals surface area contributed by atoms with Crippen LogP contribution in [0.25, 0.3) is 6.08 Å². The fourth-order valence-electron chi connectivity index (χ4n) is 2.99. The molecule has 2 aromatic carbocycles. The monoisotopic (exact) mass is 429 g/mol. The molecule has 0 radical (unpaired) electrons. The molecular weight excluding hydrogens is 398 g/mol. The quantitative estimate of drug-likeness (QED) is 0.534. The van der Waals surface area contributed by atoms with E-state index in [-0.39, 0.29) is 11.9 Å². The first-order valence-corrected chi connectivity index (χ1v) is 10.1. The van der Waals surface area contributed by atoms with Crippen molar-refractivity contribution in [1.29, 1.82) is 0 Å². The Bertz CT molecular complexity index is 884. The molecular formula is C24H31NO6. The van der Waals surface area contributed by atoms with Crippen LogP contribution in [0.1, 0.15) is 37.4 Å². The molecule has 1 atom stereocenters. The summed E-state index contributed by atoms with van der Waals surface area (Å²) >= 11 is 0. The number of amides is 1. The number of carbonyl (C=O) groups excluding carboxylic acids is 1. The maximum absolute atomic E-state index is 12.5. The fraction of sp³-hybridized carbons (Fsp3) is 0.375. The van der Waals surface area contributed by atoms with E-state index in [1.54, 1.807) is 34.5 Å². The maximum atomic E-state index is 12.5. The van der Waals surface area contributed by atoms with Gasteiger partial charge in [-0.05, 0) is 54.8 Å². The van der Waals surface area contributed by atoms with Gasteiger partial charge in [0, 0.05) is 6.08 Å². The van der Waals surface area contributed by atoms with E-state index >= 15 is 0 Å². The lowest BCUT2D eigenvalue weighted by Crippen LogP contribution is -2.24. The minimum atomic E-state index is -0.273. The van der Waals surface area contributed by atoms with E-state index < -0.39 is 0 Å². The van der Waals surface area contributed by atoms with Gasteiger partial charge in [-0.25, -0.2) is 0 Å². The number of hydrogen-bond donors (Lipinski definition) is 1. The Hall–Kier alpha value is -3.35. The van der Waals surface area contributed by atoms with E-state index in [1.807, 2.05) is 44.2 Å². The van der Waals surface area contributed by atoms with Crippen LogP contribution < -0.4 is 29.0 Å². The molecule has 0 aliphatic heterocycles. The van der Waals surface area contributed by atoms with Crippen molar-refractivity contribution in [2.24, 2.45) is 0 Å². The number of ether oxygens (including phenoxy) is 5. The van der Waals surface area contributed by atoms with Crippen LogP contribution in [0.15, 0.2) is 36.4 Å². The van der Waals surface area contributed by atoms with Gasteiger partial charge >= 0.3 is 0 Å². The Kier molecular flexibility index (Phi) is 9.06. The van der Waals surface area contributed by atoms with Gasteiger partial charge in [-0.15, -0.1) is 0 Å². The molecule has 0 bridgehead atoms. The first-order valence-electron chi connectivity index (χ1n) is 10.1. The van der Waals surface area contributed by atoms with Crippen molar-refractivity contribution >= 4 is 12.0 Å². The molecule has 0 aromatic heterocycles. The fourth-order valence-corrected chi connectivity index (χ4v) is 2.99. The minimum absolute atomic E-state index is 0.230. The van der Waals surface area contributed by atoms with E-state index in [4.69, 9.17) is 23.7 Å². The van der Waals surface area contributed by atoms with Crippen molar-refractivity contribution < 1.29 is 28.5 Å². The number of carbonyl (C=O) groups is 1. The number of rotatable bonds is 11. The Balaban J connectivity index is 2.11.